The molecule has 0 radical (unpaired) electrons. The van der Waals surface area contributed by atoms with Crippen molar-refractivity contribution in [2.75, 3.05) is 13.2 Å². The molecule has 0 spiro atoms. The van der Waals surface area contributed by atoms with E-state index in [1.807, 2.05) is 6.92 Å². The second kappa shape index (κ2) is 7.33. The molecule has 1 atom stereocenters. The third-order valence-corrected chi connectivity index (χ3v) is 1.85. The third kappa shape index (κ3) is 8.58. The predicted octanol–water partition coefficient (Wildman–Crippen LogP) is 3.30. The summed E-state index contributed by atoms with van der Waals surface area (Å²) in [4.78, 5) is 0. The summed E-state index contributed by atoms with van der Waals surface area (Å²) in [7, 11) is 0. The second-order valence-corrected chi connectivity index (χ2v) is 4.92. The molecular weight excluding hydrogens is 206 g/mol. The van der Waals surface area contributed by atoms with Gasteiger partial charge in [-0.15, -0.1) is 6.58 Å². The highest BCUT2D eigenvalue weighted by Gasteiger charge is 2.07. The molecule has 0 aromatic heterocycles. The van der Waals surface area contributed by atoms with E-state index in [1.54, 1.807) is 6.08 Å². The molecule has 0 aromatic rings. The first-order chi connectivity index (χ1) is 5.16. The van der Waals surface area contributed by atoms with Crippen LogP contribution < -0.4 is 0 Å². The lowest BCUT2D eigenvalue weighted by Gasteiger charge is -2.11. The molecule has 0 amide bonds. The highest BCUT2D eigenvalue weighted by atomic mass is 35.9. The highest BCUT2D eigenvalue weighted by molar-refractivity contribution is 8.00. The van der Waals surface area contributed by atoms with Crippen LogP contribution in [0.15, 0.2) is 12.7 Å². The van der Waals surface area contributed by atoms with Gasteiger partial charge in [0.2, 0.25) is 6.85 Å². The maximum Gasteiger partial charge on any atom is 0.225 e. The van der Waals surface area contributed by atoms with Crippen LogP contribution in [0.3, 0.4) is 0 Å². The van der Waals surface area contributed by atoms with Crippen LogP contribution in [0.5, 0.6) is 0 Å². The quantitative estimate of drug-likeness (QED) is 0.386. The van der Waals surface area contributed by atoms with Crippen LogP contribution in [0, 0.1) is 0 Å². The fourth-order valence-corrected chi connectivity index (χ4v) is 1.63. The van der Waals surface area contributed by atoms with Crippen molar-refractivity contribution < 1.29 is 9.26 Å². The summed E-state index contributed by atoms with van der Waals surface area (Å²) in [5.74, 6) is 0. The molecule has 0 heterocycles. The lowest BCUT2D eigenvalue weighted by Crippen LogP contribution is -2.12. The van der Waals surface area contributed by atoms with E-state index in [4.69, 9.17) is 31.7 Å². The second-order valence-electron chi connectivity index (χ2n) is 1.94. The molecule has 66 valence electrons. The first kappa shape index (κ1) is 11.7. The van der Waals surface area contributed by atoms with Crippen molar-refractivity contribution >= 4 is 29.3 Å². The van der Waals surface area contributed by atoms with Crippen molar-refractivity contribution in [2.45, 2.75) is 13.0 Å². The average Bonchev–Trinajstić information content (AvgIpc) is 1.86. The lowest BCUT2D eigenvalue weighted by atomic mass is 10.4. The van der Waals surface area contributed by atoms with E-state index >= 15 is 0 Å². The Bertz CT molecular complexity index is 111. The van der Waals surface area contributed by atoms with Crippen molar-refractivity contribution in [3.05, 3.63) is 12.7 Å². The number of hydrogen-bond donors (Lipinski definition) is 0. The molecule has 5 heteroatoms. The minimum atomic E-state index is -1.32. The normalized spacial score (nSPS) is 13.5. The van der Waals surface area contributed by atoms with E-state index in [9.17, 15) is 0 Å². The molecule has 0 fully saturated rings. The molecule has 0 bridgehead atoms. The standard InChI is InChI=1S/C6H11Cl2O2P/c1-3-4-9-5-6(2)10-11(7)8/h3,6H,1,4-5H2,2H3. The maximum atomic E-state index is 5.42. The minimum absolute atomic E-state index is 0.0592. The largest absolute Gasteiger partial charge is 0.375 e. The Labute approximate surface area is 77.9 Å². The Kier molecular flexibility index (Phi) is 7.77. The SMILES string of the molecule is C=CCOCC(C)OP(Cl)Cl. The van der Waals surface area contributed by atoms with E-state index in [1.165, 1.54) is 0 Å². The third-order valence-electron chi connectivity index (χ3n) is 0.848. The van der Waals surface area contributed by atoms with Crippen LogP contribution in [0.2, 0.25) is 0 Å². The molecule has 0 saturated carbocycles. The van der Waals surface area contributed by atoms with Gasteiger partial charge in [-0.25, -0.2) is 0 Å². The Morgan fingerprint density at radius 1 is 1.64 bits per heavy atom. The van der Waals surface area contributed by atoms with Gasteiger partial charge in [-0.05, 0) is 29.4 Å². The average molecular weight is 217 g/mol. The molecule has 0 aliphatic heterocycles. The summed E-state index contributed by atoms with van der Waals surface area (Å²) in [5, 5.41) is 0. The smallest absolute Gasteiger partial charge is 0.225 e. The number of hydrogen-bond acceptors (Lipinski definition) is 2. The van der Waals surface area contributed by atoms with E-state index in [-0.39, 0.29) is 6.10 Å². The monoisotopic (exact) mass is 216 g/mol. The van der Waals surface area contributed by atoms with Crippen molar-refractivity contribution in [3.8, 4) is 0 Å². The molecule has 2 nitrogen and oxygen atoms in total. The van der Waals surface area contributed by atoms with Crippen LogP contribution >= 0.6 is 29.3 Å². The van der Waals surface area contributed by atoms with Crippen LogP contribution in [-0.2, 0) is 9.26 Å². The summed E-state index contributed by atoms with van der Waals surface area (Å²) in [6, 6.07) is 0. The molecule has 0 rings (SSSR count). The zero-order chi connectivity index (χ0) is 8.69. The van der Waals surface area contributed by atoms with E-state index in [0.717, 1.165) is 0 Å². The van der Waals surface area contributed by atoms with Gasteiger partial charge in [-0.3, -0.25) is 0 Å². The molecule has 0 aromatic carbocycles. The number of halogens is 2. The van der Waals surface area contributed by atoms with Gasteiger partial charge in [0.25, 0.3) is 0 Å². The molecule has 0 aliphatic rings. The van der Waals surface area contributed by atoms with Crippen LogP contribution in [0.4, 0.5) is 0 Å². The summed E-state index contributed by atoms with van der Waals surface area (Å²) >= 11 is 10.8. The molecule has 11 heavy (non-hydrogen) atoms. The summed E-state index contributed by atoms with van der Waals surface area (Å²) in [6.45, 7) is 5.05. The number of rotatable bonds is 6. The molecular formula is C6H11Cl2O2P. The fraction of sp³-hybridized carbons (Fsp3) is 0.667. The lowest BCUT2D eigenvalue weighted by molar-refractivity contribution is 0.0831. The fourth-order valence-electron chi connectivity index (χ4n) is 0.484. The predicted molar refractivity (Wildman–Crippen MR) is 50.2 cm³/mol. The Balaban J connectivity index is 3.21. The van der Waals surface area contributed by atoms with Gasteiger partial charge in [0.1, 0.15) is 0 Å². The summed E-state index contributed by atoms with van der Waals surface area (Å²) < 4.78 is 10.1. The summed E-state index contributed by atoms with van der Waals surface area (Å²) in [5.41, 5.74) is 0. The van der Waals surface area contributed by atoms with E-state index in [0.29, 0.717) is 13.2 Å². The minimum Gasteiger partial charge on any atom is -0.375 e. The first-order valence-electron chi connectivity index (χ1n) is 3.14. The van der Waals surface area contributed by atoms with E-state index < -0.39 is 6.85 Å². The maximum absolute atomic E-state index is 5.42. The first-order valence-corrected chi connectivity index (χ1v) is 6.21. The summed E-state index contributed by atoms with van der Waals surface area (Å²) in [6.07, 6.45) is 1.62. The van der Waals surface area contributed by atoms with Gasteiger partial charge in [-0.2, -0.15) is 0 Å². The topological polar surface area (TPSA) is 18.5 Å². The van der Waals surface area contributed by atoms with Crippen LogP contribution in [-0.4, -0.2) is 19.3 Å². The Morgan fingerprint density at radius 3 is 2.73 bits per heavy atom. The van der Waals surface area contributed by atoms with Crippen LogP contribution in [0.1, 0.15) is 6.92 Å². The molecule has 0 N–H and O–H groups in total. The van der Waals surface area contributed by atoms with Crippen molar-refractivity contribution in [1.82, 2.24) is 0 Å². The van der Waals surface area contributed by atoms with Gasteiger partial charge in [0.15, 0.2) is 0 Å². The number of ether oxygens (including phenoxy) is 1. The zero-order valence-corrected chi connectivity index (χ0v) is 8.70. The van der Waals surface area contributed by atoms with Crippen LogP contribution in [0.25, 0.3) is 0 Å². The van der Waals surface area contributed by atoms with Crippen molar-refractivity contribution in [1.29, 1.82) is 0 Å². The van der Waals surface area contributed by atoms with E-state index in [2.05, 4.69) is 6.58 Å². The van der Waals surface area contributed by atoms with Gasteiger partial charge in [0, 0.05) is 0 Å². The molecule has 1 unspecified atom stereocenters. The zero-order valence-electron chi connectivity index (χ0n) is 6.30. The Hall–Kier alpha value is 0.670. The molecule has 0 aliphatic carbocycles. The van der Waals surface area contributed by atoms with Gasteiger partial charge < -0.3 is 9.26 Å². The van der Waals surface area contributed by atoms with Gasteiger partial charge in [0.05, 0.1) is 19.3 Å². The van der Waals surface area contributed by atoms with Crippen molar-refractivity contribution in [2.24, 2.45) is 0 Å². The highest BCUT2D eigenvalue weighted by Crippen LogP contribution is 2.48. The molecule has 0 saturated heterocycles. The van der Waals surface area contributed by atoms with Crippen molar-refractivity contribution in [3.63, 3.8) is 0 Å². The van der Waals surface area contributed by atoms with Gasteiger partial charge in [-0.1, -0.05) is 6.08 Å². The Morgan fingerprint density at radius 2 is 2.27 bits per heavy atom. The van der Waals surface area contributed by atoms with Gasteiger partial charge >= 0.3 is 0 Å².